The van der Waals surface area contributed by atoms with E-state index in [1.165, 1.54) is 0 Å². The number of carbonyl (C=O) groups is 1. The Morgan fingerprint density at radius 3 is 2.29 bits per heavy atom. The summed E-state index contributed by atoms with van der Waals surface area (Å²) < 4.78 is 43.1. The molecule has 1 aliphatic heterocycles. The Kier molecular flexibility index (Phi) is 5.31. The molecule has 1 saturated heterocycles. The minimum absolute atomic E-state index is 0.0918. The minimum Gasteiger partial charge on any atom is -0.490 e. The van der Waals surface area contributed by atoms with Crippen LogP contribution in [0, 0.1) is 3.57 Å². The molecule has 2 rings (SSSR count). The lowest BCUT2D eigenvalue weighted by Gasteiger charge is -2.30. The van der Waals surface area contributed by atoms with Crippen molar-refractivity contribution < 1.29 is 27.5 Å². The highest BCUT2D eigenvalue weighted by Crippen LogP contribution is 2.22. The summed E-state index contributed by atoms with van der Waals surface area (Å²) in [4.78, 5) is 15.0. The molecule has 1 heterocycles. The first-order valence-corrected chi connectivity index (χ1v) is 7.39. The first kappa shape index (κ1) is 16.3. The number of piperidine rings is 1. The van der Waals surface area contributed by atoms with E-state index in [2.05, 4.69) is 27.4 Å². The van der Waals surface area contributed by atoms with Crippen molar-refractivity contribution in [2.45, 2.75) is 25.1 Å². The Morgan fingerprint density at radius 2 is 1.76 bits per heavy atom. The second-order valence-electron chi connectivity index (χ2n) is 4.58. The Hall–Kier alpha value is -1.03. The van der Waals surface area contributed by atoms with Crippen molar-refractivity contribution in [3.05, 3.63) is 27.8 Å². The molecule has 0 atom stereocenters. The van der Waals surface area contributed by atoms with Gasteiger partial charge in [0.05, 0.1) is 0 Å². The summed E-state index contributed by atoms with van der Waals surface area (Å²) in [6, 6.07) is 7.52. The van der Waals surface area contributed by atoms with Crippen LogP contribution in [0.2, 0.25) is 0 Å². The highest BCUT2D eigenvalue weighted by Gasteiger charge is 2.43. The zero-order valence-corrected chi connectivity index (χ0v) is 13.1. The van der Waals surface area contributed by atoms with Gasteiger partial charge in [-0.2, -0.15) is 13.2 Å². The molecule has 0 radical (unpaired) electrons. The molecule has 1 aromatic carbocycles. The molecule has 21 heavy (non-hydrogen) atoms. The molecule has 0 unspecified atom stereocenters. The van der Waals surface area contributed by atoms with E-state index in [-0.39, 0.29) is 19.2 Å². The fourth-order valence-electron chi connectivity index (χ4n) is 1.92. The highest BCUT2D eigenvalue weighted by molar-refractivity contribution is 14.1. The molecule has 0 bridgehead atoms. The summed E-state index contributed by atoms with van der Waals surface area (Å²) in [5, 5.41) is 1.03. The van der Waals surface area contributed by atoms with Crippen molar-refractivity contribution in [3.8, 4) is 5.75 Å². The molecule has 1 fully saturated rings. The second-order valence-corrected chi connectivity index (χ2v) is 5.82. The molecule has 0 N–H and O–H groups in total. The average Bonchev–Trinajstić information content (AvgIpc) is 2.42. The van der Waals surface area contributed by atoms with E-state index in [0.29, 0.717) is 12.8 Å². The zero-order valence-electron chi connectivity index (χ0n) is 10.9. The van der Waals surface area contributed by atoms with Crippen LogP contribution in [0.1, 0.15) is 12.8 Å². The summed E-state index contributed by atoms with van der Waals surface area (Å²) in [7, 11) is 0. The van der Waals surface area contributed by atoms with Gasteiger partial charge in [-0.1, -0.05) is 0 Å². The standard InChI is InChI=1S/C13H13F3INO3/c14-13(15,16)12(19)21-18-7-5-11(6-8-18)20-10-3-1-9(17)2-4-10/h1-4,11H,5-8H2. The van der Waals surface area contributed by atoms with Gasteiger partial charge in [-0.05, 0) is 46.9 Å². The monoisotopic (exact) mass is 415 g/mol. The van der Waals surface area contributed by atoms with Crippen molar-refractivity contribution in [2.24, 2.45) is 0 Å². The van der Waals surface area contributed by atoms with Gasteiger partial charge in [0.25, 0.3) is 0 Å². The lowest BCUT2D eigenvalue weighted by molar-refractivity contribution is -0.243. The number of nitrogens with zero attached hydrogens (tertiary/aromatic N) is 1. The quantitative estimate of drug-likeness (QED) is 0.712. The molecule has 0 saturated carbocycles. The van der Waals surface area contributed by atoms with Gasteiger partial charge in [-0.3, -0.25) is 0 Å². The smallest absolute Gasteiger partial charge is 0.490 e. The molecule has 4 nitrogen and oxygen atoms in total. The number of hydroxylamine groups is 2. The van der Waals surface area contributed by atoms with Crippen LogP contribution in [0.4, 0.5) is 13.2 Å². The van der Waals surface area contributed by atoms with Crippen LogP contribution >= 0.6 is 22.6 Å². The van der Waals surface area contributed by atoms with Gasteiger partial charge in [-0.25, -0.2) is 4.79 Å². The van der Waals surface area contributed by atoms with Gasteiger partial charge in [0.2, 0.25) is 0 Å². The van der Waals surface area contributed by atoms with Crippen molar-refractivity contribution in [2.75, 3.05) is 13.1 Å². The SMILES string of the molecule is O=C(ON1CCC(Oc2ccc(I)cc2)CC1)C(F)(F)F. The van der Waals surface area contributed by atoms with Gasteiger partial charge in [0.1, 0.15) is 11.9 Å². The van der Waals surface area contributed by atoms with Gasteiger partial charge >= 0.3 is 12.1 Å². The predicted octanol–water partition coefficient (Wildman–Crippen LogP) is 3.15. The van der Waals surface area contributed by atoms with E-state index >= 15 is 0 Å². The van der Waals surface area contributed by atoms with E-state index < -0.39 is 12.1 Å². The lowest BCUT2D eigenvalue weighted by atomic mass is 10.1. The number of halogens is 4. The maximum atomic E-state index is 12.1. The van der Waals surface area contributed by atoms with Crippen LogP contribution in [-0.2, 0) is 9.63 Å². The lowest BCUT2D eigenvalue weighted by Crippen LogP contribution is -2.42. The largest absolute Gasteiger partial charge is 0.492 e. The van der Waals surface area contributed by atoms with Crippen LogP contribution in [-0.4, -0.2) is 36.4 Å². The molecular weight excluding hydrogens is 402 g/mol. The summed E-state index contributed by atoms with van der Waals surface area (Å²) in [5.41, 5.74) is 0. The number of hydrogen-bond acceptors (Lipinski definition) is 4. The van der Waals surface area contributed by atoms with E-state index in [9.17, 15) is 18.0 Å². The van der Waals surface area contributed by atoms with Gasteiger partial charge in [-0.15, -0.1) is 5.06 Å². The zero-order chi connectivity index (χ0) is 15.5. The van der Waals surface area contributed by atoms with E-state index in [1.807, 2.05) is 24.3 Å². The topological polar surface area (TPSA) is 38.8 Å². The molecule has 0 spiro atoms. The molecule has 0 amide bonds. The third-order valence-corrected chi connectivity index (χ3v) is 3.68. The Balaban J connectivity index is 1.78. The number of alkyl halides is 3. The molecule has 116 valence electrons. The second kappa shape index (κ2) is 6.82. The molecule has 1 aromatic rings. The number of ether oxygens (including phenoxy) is 1. The molecule has 1 aliphatic rings. The first-order valence-electron chi connectivity index (χ1n) is 6.31. The highest BCUT2D eigenvalue weighted by atomic mass is 127. The normalized spacial score (nSPS) is 17.5. The Morgan fingerprint density at radius 1 is 1.19 bits per heavy atom. The fourth-order valence-corrected chi connectivity index (χ4v) is 2.28. The van der Waals surface area contributed by atoms with Crippen molar-refractivity contribution >= 4 is 28.6 Å². The fraction of sp³-hybridized carbons (Fsp3) is 0.462. The number of rotatable bonds is 3. The van der Waals surface area contributed by atoms with Crippen LogP contribution in [0.25, 0.3) is 0 Å². The van der Waals surface area contributed by atoms with Gasteiger partial charge in [0, 0.05) is 29.5 Å². The third-order valence-electron chi connectivity index (χ3n) is 2.96. The number of carbonyl (C=O) groups excluding carboxylic acids is 1. The molecular formula is C13H13F3INO3. The van der Waals surface area contributed by atoms with Crippen LogP contribution in [0.3, 0.4) is 0 Å². The van der Waals surface area contributed by atoms with Crippen molar-refractivity contribution in [1.82, 2.24) is 5.06 Å². The van der Waals surface area contributed by atoms with E-state index in [0.717, 1.165) is 14.4 Å². The van der Waals surface area contributed by atoms with Crippen LogP contribution in [0.15, 0.2) is 24.3 Å². The summed E-state index contributed by atoms with van der Waals surface area (Å²) in [6.07, 6.45) is -4.06. The first-order chi connectivity index (χ1) is 9.84. The van der Waals surface area contributed by atoms with E-state index in [1.54, 1.807) is 0 Å². The molecule has 0 aliphatic carbocycles. The maximum absolute atomic E-state index is 12.1. The Bertz CT molecular complexity index is 484. The predicted molar refractivity (Wildman–Crippen MR) is 76.5 cm³/mol. The number of hydrogen-bond donors (Lipinski definition) is 0. The van der Waals surface area contributed by atoms with Gasteiger partial charge < -0.3 is 9.57 Å². The van der Waals surface area contributed by atoms with Crippen LogP contribution < -0.4 is 4.74 Å². The van der Waals surface area contributed by atoms with Crippen molar-refractivity contribution in [1.29, 1.82) is 0 Å². The molecule has 8 heteroatoms. The van der Waals surface area contributed by atoms with Gasteiger partial charge in [0.15, 0.2) is 0 Å². The molecule has 0 aromatic heterocycles. The van der Waals surface area contributed by atoms with E-state index in [4.69, 9.17) is 4.74 Å². The maximum Gasteiger partial charge on any atom is 0.492 e. The number of benzene rings is 1. The third kappa shape index (κ3) is 5.03. The van der Waals surface area contributed by atoms with Crippen molar-refractivity contribution in [3.63, 3.8) is 0 Å². The Labute approximate surface area is 133 Å². The van der Waals surface area contributed by atoms with Crippen LogP contribution in [0.5, 0.6) is 5.75 Å². The minimum atomic E-state index is -4.96. The average molecular weight is 415 g/mol. The summed E-state index contributed by atoms with van der Waals surface area (Å²) in [6.45, 7) is 0.438. The summed E-state index contributed by atoms with van der Waals surface area (Å²) in [5.74, 6) is -1.46. The summed E-state index contributed by atoms with van der Waals surface area (Å²) >= 11 is 2.18.